The number of fused-ring (bicyclic) bond motifs is 2. The Hall–Kier alpha value is -1.62. The lowest BCUT2D eigenvalue weighted by molar-refractivity contribution is -0.384. The van der Waals surface area contributed by atoms with Crippen molar-refractivity contribution in [3.05, 3.63) is 34.4 Å². The van der Waals surface area contributed by atoms with Gasteiger partial charge in [-0.15, -0.1) is 0 Å². The first-order valence-electron chi connectivity index (χ1n) is 6.87. The Morgan fingerprint density at radius 1 is 1.26 bits per heavy atom. The number of nitro benzene ring substituents is 1. The Labute approximate surface area is 112 Å². The summed E-state index contributed by atoms with van der Waals surface area (Å²) < 4.78 is 0. The zero-order valence-corrected chi connectivity index (χ0v) is 11.1. The van der Waals surface area contributed by atoms with Crippen molar-refractivity contribution in [2.24, 2.45) is 0 Å². The molecule has 2 saturated heterocycles. The highest BCUT2D eigenvalue weighted by atomic mass is 16.6. The fraction of sp³-hybridized carbons (Fsp3) is 0.571. The van der Waals surface area contributed by atoms with Crippen LogP contribution in [-0.2, 0) is 0 Å². The second kappa shape index (κ2) is 4.81. The molecule has 2 unspecified atom stereocenters. The van der Waals surface area contributed by atoms with Crippen LogP contribution < -0.4 is 5.32 Å². The first-order valence-corrected chi connectivity index (χ1v) is 6.87. The topological polar surface area (TPSA) is 58.4 Å². The van der Waals surface area contributed by atoms with E-state index in [1.54, 1.807) is 18.2 Å². The molecule has 5 heteroatoms. The molecule has 2 atom stereocenters. The summed E-state index contributed by atoms with van der Waals surface area (Å²) >= 11 is 0. The lowest BCUT2D eigenvalue weighted by Crippen LogP contribution is -2.44. The highest BCUT2D eigenvalue weighted by Crippen LogP contribution is 2.36. The fourth-order valence-corrected chi connectivity index (χ4v) is 3.50. The largest absolute Gasteiger partial charge is 0.377 e. The average molecular weight is 261 g/mol. The normalized spacial score (nSPS) is 30.3. The number of hydrogen-bond donors (Lipinski definition) is 1. The zero-order valence-electron chi connectivity index (χ0n) is 11.1. The summed E-state index contributed by atoms with van der Waals surface area (Å²) in [4.78, 5) is 13.2. The molecule has 102 valence electrons. The second-order valence-electron chi connectivity index (χ2n) is 5.64. The molecule has 0 aromatic heterocycles. The second-order valence-corrected chi connectivity index (χ2v) is 5.64. The molecule has 2 fully saturated rings. The van der Waals surface area contributed by atoms with E-state index in [1.807, 2.05) is 6.07 Å². The number of hydrogen-bond acceptors (Lipinski definition) is 4. The van der Waals surface area contributed by atoms with Gasteiger partial charge in [0.05, 0.1) is 4.92 Å². The average Bonchev–Trinajstić information content (AvgIpc) is 2.63. The number of anilines is 1. The van der Waals surface area contributed by atoms with Crippen molar-refractivity contribution in [3.8, 4) is 0 Å². The smallest absolute Gasteiger partial charge is 0.292 e. The van der Waals surface area contributed by atoms with Crippen molar-refractivity contribution in [2.75, 3.05) is 12.4 Å². The summed E-state index contributed by atoms with van der Waals surface area (Å²) in [6, 6.07) is 8.55. The lowest BCUT2D eigenvalue weighted by atomic mass is 9.97. The van der Waals surface area contributed by atoms with Gasteiger partial charge in [0.2, 0.25) is 0 Å². The van der Waals surface area contributed by atoms with E-state index in [4.69, 9.17) is 0 Å². The van der Waals surface area contributed by atoms with Gasteiger partial charge in [0.15, 0.2) is 0 Å². The van der Waals surface area contributed by atoms with E-state index in [0.717, 1.165) is 12.8 Å². The number of rotatable bonds is 3. The van der Waals surface area contributed by atoms with Crippen molar-refractivity contribution < 1.29 is 4.92 Å². The number of piperidine rings is 1. The molecule has 3 rings (SSSR count). The number of nitrogens with one attached hydrogen (secondary N) is 1. The van der Waals surface area contributed by atoms with E-state index in [-0.39, 0.29) is 10.6 Å². The molecule has 0 spiro atoms. The van der Waals surface area contributed by atoms with Gasteiger partial charge in [0, 0.05) is 24.2 Å². The third-order valence-corrected chi connectivity index (χ3v) is 4.56. The molecule has 1 aromatic rings. The van der Waals surface area contributed by atoms with E-state index in [2.05, 4.69) is 17.3 Å². The molecule has 5 nitrogen and oxygen atoms in total. The van der Waals surface area contributed by atoms with Crippen LogP contribution in [0.25, 0.3) is 0 Å². The molecule has 0 radical (unpaired) electrons. The van der Waals surface area contributed by atoms with E-state index < -0.39 is 0 Å². The highest BCUT2D eigenvalue weighted by Gasteiger charge is 2.38. The molecule has 1 aromatic carbocycles. The van der Waals surface area contributed by atoms with Gasteiger partial charge in [-0.2, -0.15) is 0 Å². The molecule has 2 heterocycles. The van der Waals surface area contributed by atoms with Gasteiger partial charge in [0.25, 0.3) is 5.69 Å². The summed E-state index contributed by atoms with van der Waals surface area (Å²) in [5.41, 5.74) is 0.829. The molecule has 1 N–H and O–H groups in total. The monoisotopic (exact) mass is 261 g/mol. The Balaban J connectivity index is 1.74. The minimum absolute atomic E-state index is 0.175. The van der Waals surface area contributed by atoms with Crippen molar-refractivity contribution >= 4 is 11.4 Å². The maximum absolute atomic E-state index is 11.0. The molecule has 2 aliphatic rings. The molecule has 0 saturated carbocycles. The summed E-state index contributed by atoms with van der Waals surface area (Å²) in [5.74, 6) is 0. The van der Waals surface area contributed by atoms with Crippen LogP contribution in [0, 0.1) is 10.1 Å². The molecule has 19 heavy (non-hydrogen) atoms. The van der Waals surface area contributed by atoms with Gasteiger partial charge in [-0.1, -0.05) is 12.1 Å². The van der Waals surface area contributed by atoms with Crippen LogP contribution in [-0.4, -0.2) is 35.0 Å². The van der Waals surface area contributed by atoms with Crippen LogP contribution in [0.3, 0.4) is 0 Å². The predicted molar refractivity (Wildman–Crippen MR) is 74.3 cm³/mol. The molecule has 2 aliphatic heterocycles. The highest BCUT2D eigenvalue weighted by molar-refractivity contribution is 5.61. The van der Waals surface area contributed by atoms with Crippen LogP contribution in [0.2, 0.25) is 0 Å². The molecule has 0 aliphatic carbocycles. The Bertz CT molecular complexity index is 477. The van der Waals surface area contributed by atoms with Gasteiger partial charge in [-0.25, -0.2) is 0 Å². The van der Waals surface area contributed by atoms with Crippen molar-refractivity contribution in [2.45, 2.75) is 43.8 Å². The maximum Gasteiger partial charge on any atom is 0.292 e. The van der Waals surface area contributed by atoms with E-state index in [1.165, 1.54) is 12.8 Å². The molecule has 0 amide bonds. The third kappa shape index (κ3) is 2.30. The summed E-state index contributed by atoms with van der Waals surface area (Å²) in [6.45, 7) is 0. The van der Waals surface area contributed by atoms with Gasteiger partial charge in [0.1, 0.15) is 5.69 Å². The number of benzene rings is 1. The van der Waals surface area contributed by atoms with Crippen molar-refractivity contribution in [1.82, 2.24) is 4.90 Å². The van der Waals surface area contributed by atoms with E-state index in [9.17, 15) is 10.1 Å². The van der Waals surface area contributed by atoms with E-state index >= 15 is 0 Å². The van der Waals surface area contributed by atoms with Crippen molar-refractivity contribution in [3.63, 3.8) is 0 Å². The van der Waals surface area contributed by atoms with Crippen LogP contribution in [0.1, 0.15) is 25.7 Å². The standard InChI is InChI=1S/C14H19N3O2/c1-16-11-6-7-12(16)9-10(8-11)15-13-4-2-3-5-14(13)17(18)19/h2-5,10-12,15H,6-9H2,1H3. The Kier molecular flexibility index (Phi) is 3.14. The van der Waals surface area contributed by atoms with Crippen LogP contribution in [0.4, 0.5) is 11.4 Å². The maximum atomic E-state index is 11.0. The summed E-state index contributed by atoms with van der Waals surface area (Å²) in [7, 11) is 2.20. The quantitative estimate of drug-likeness (QED) is 0.671. The third-order valence-electron chi connectivity index (χ3n) is 4.56. The SMILES string of the molecule is CN1C2CCC1CC(Nc1ccccc1[N+](=O)[O-])C2. The Morgan fingerprint density at radius 3 is 2.53 bits per heavy atom. The predicted octanol–water partition coefficient (Wildman–Crippen LogP) is 2.63. The number of nitrogens with zero attached hydrogens (tertiary/aromatic N) is 2. The molecule has 2 bridgehead atoms. The lowest BCUT2D eigenvalue weighted by Gasteiger charge is -2.36. The first-order chi connectivity index (χ1) is 9.15. The molecular formula is C14H19N3O2. The number of para-hydroxylation sites is 2. The summed E-state index contributed by atoms with van der Waals surface area (Å²) in [5, 5.41) is 14.4. The van der Waals surface area contributed by atoms with Gasteiger partial charge < -0.3 is 10.2 Å². The van der Waals surface area contributed by atoms with Crippen LogP contribution >= 0.6 is 0 Å². The van der Waals surface area contributed by atoms with E-state index in [0.29, 0.717) is 23.8 Å². The first kappa shape index (κ1) is 12.4. The molecular weight excluding hydrogens is 242 g/mol. The summed E-state index contributed by atoms with van der Waals surface area (Å²) in [6.07, 6.45) is 4.69. The zero-order chi connectivity index (χ0) is 13.4. The minimum atomic E-state index is -0.314. The van der Waals surface area contributed by atoms with Crippen LogP contribution in [0.5, 0.6) is 0 Å². The minimum Gasteiger partial charge on any atom is -0.377 e. The van der Waals surface area contributed by atoms with Crippen LogP contribution in [0.15, 0.2) is 24.3 Å². The fourth-order valence-electron chi connectivity index (χ4n) is 3.50. The Morgan fingerprint density at radius 2 is 1.89 bits per heavy atom. The van der Waals surface area contributed by atoms with Gasteiger partial charge in [-0.3, -0.25) is 10.1 Å². The van der Waals surface area contributed by atoms with Gasteiger partial charge >= 0.3 is 0 Å². The van der Waals surface area contributed by atoms with Crippen molar-refractivity contribution in [1.29, 1.82) is 0 Å². The van der Waals surface area contributed by atoms with Gasteiger partial charge in [-0.05, 0) is 38.8 Å². The number of nitro groups is 1.